The lowest BCUT2D eigenvalue weighted by Crippen LogP contribution is -2.29. The first-order valence-electron chi connectivity index (χ1n) is 10.2. The van der Waals surface area contributed by atoms with Crippen LogP contribution in [0.5, 0.6) is 11.5 Å². The first kappa shape index (κ1) is 23.6. The molecule has 1 aromatic heterocycles. The summed E-state index contributed by atoms with van der Waals surface area (Å²) in [4.78, 5) is 31.8. The zero-order valence-electron chi connectivity index (χ0n) is 18.3. The number of aromatic nitrogens is 1. The number of ether oxygens (including phenoxy) is 2. The Labute approximate surface area is 206 Å². The topological polar surface area (TPSA) is 89.0 Å². The van der Waals surface area contributed by atoms with Crippen LogP contribution in [-0.4, -0.2) is 40.9 Å². The average molecular weight is 499 g/mol. The van der Waals surface area contributed by atoms with E-state index in [0.29, 0.717) is 11.3 Å². The van der Waals surface area contributed by atoms with Crippen molar-refractivity contribution in [1.29, 1.82) is 0 Å². The van der Waals surface area contributed by atoms with E-state index in [9.17, 15) is 14.7 Å². The Bertz CT molecular complexity index is 1280. The average Bonchev–Trinajstić information content (AvgIpc) is 3.08. The molecule has 4 rings (SSSR count). The maximum atomic E-state index is 13.2. The molecule has 174 valence electrons. The normalized spacial score (nSPS) is 17.2. The first-order chi connectivity index (χ1) is 16.3. The molecule has 7 nitrogen and oxygen atoms in total. The molecule has 2 aromatic carbocycles. The van der Waals surface area contributed by atoms with Gasteiger partial charge in [0.1, 0.15) is 17.3 Å². The van der Waals surface area contributed by atoms with Crippen LogP contribution in [0, 0.1) is 0 Å². The van der Waals surface area contributed by atoms with Crippen molar-refractivity contribution < 1.29 is 24.2 Å². The summed E-state index contributed by atoms with van der Waals surface area (Å²) in [5.74, 6) is -1.26. The summed E-state index contributed by atoms with van der Waals surface area (Å²) < 4.78 is 10.6. The Morgan fingerprint density at radius 1 is 1.03 bits per heavy atom. The van der Waals surface area contributed by atoms with Gasteiger partial charge < -0.3 is 19.5 Å². The van der Waals surface area contributed by atoms with Crippen LogP contribution >= 0.6 is 23.2 Å². The van der Waals surface area contributed by atoms with Crippen molar-refractivity contribution in [1.82, 2.24) is 9.88 Å². The number of hydrogen-bond acceptors (Lipinski definition) is 6. The van der Waals surface area contributed by atoms with Crippen LogP contribution in [0.3, 0.4) is 0 Å². The van der Waals surface area contributed by atoms with Crippen molar-refractivity contribution in [3.8, 4) is 11.5 Å². The molecule has 2 heterocycles. The molecule has 0 aliphatic carbocycles. The smallest absolute Gasteiger partial charge is 0.295 e. The van der Waals surface area contributed by atoms with E-state index in [1.54, 1.807) is 55.9 Å². The van der Waals surface area contributed by atoms with Gasteiger partial charge in [0, 0.05) is 24.0 Å². The number of hydrogen-bond donors (Lipinski definition) is 1. The molecule has 9 heteroatoms. The standard InChI is InChI=1S/C25H20Cl2N2O5/c1-33-17-5-3-15(4-6-17)21-20(22(30)18-11-16(26)12-19(27)24(18)34-2)23(31)25(32)29(21)13-14-7-9-28-10-8-14/h3-12,21,30H,13H2,1-2H3/b22-20+. The van der Waals surface area contributed by atoms with E-state index in [2.05, 4.69) is 4.98 Å². The number of ketones is 1. The molecule has 1 aliphatic rings. The second-order valence-electron chi connectivity index (χ2n) is 7.52. The summed E-state index contributed by atoms with van der Waals surface area (Å²) in [6, 6.07) is 12.5. The molecule has 1 aliphatic heterocycles. The number of halogens is 2. The van der Waals surface area contributed by atoms with Crippen molar-refractivity contribution in [2.24, 2.45) is 0 Å². The molecule has 0 saturated carbocycles. The van der Waals surface area contributed by atoms with E-state index in [0.717, 1.165) is 5.56 Å². The predicted molar refractivity (Wildman–Crippen MR) is 128 cm³/mol. The second-order valence-corrected chi connectivity index (χ2v) is 8.37. The Morgan fingerprint density at radius 3 is 2.32 bits per heavy atom. The fourth-order valence-electron chi connectivity index (χ4n) is 3.95. The van der Waals surface area contributed by atoms with Gasteiger partial charge in [0.25, 0.3) is 11.7 Å². The van der Waals surface area contributed by atoms with Gasteiger partial charge in [0.15, 0.2) is 0 Å². The minimum absolute atomic E-state index is 0.0964. The number of Topliss-reactive ketones (excluding diaryl/α,β-unsaturated/α-hetero) is 1. The lowest BCUT2D eigenvalue weighted by Gasteiger charge is -2.25. The largest absolute Gasteiger partial charge is 0.507 e. The van der Waals surface area contributed by atoms with Crippen molar-refractivity contribution in [3.05, 3.63) is 93.2 Å². The van der Waals surface area contributed by atoms with Gasteiger partial charge in [0.2, 0.25) is 0 Å². The number of benzene rings is 2. The lowest BCUT2D eigenvalue weighted by molar-refractivity contribution is -0.140. The number of likely N-dealkylation sites (tertiary alicyclic amines) is 1. The van der Waals surface area contributed by atoms with Gasteiger partial charge in [0.05, 0.1) is 36.4 Å². The lowest BCUT2D eigenvalue weighted by atomic mass is 9.94. The van der Waals surface area contributed by atoms with Crippen molar-refractivity contribution >= 4 is 40.7 Å². The van der Waals surface area contributed by atoms with Gasteiger partial charge >= 0.3 is 0 Å². The number of methoxy groups -OCH3 is 2. The Morgan fingerprint density at radius 2 is 1.71 bits per heavy atom. The molecule has 1 N–H and O–H groups in total. The molecule has 1 fully saturated rings. The Balaban J connectivity index is 1.92. The van der Waals surface area contributed by atoms with E-state index in [1.165, 1.54) is 24.1 Å². The maximum Gasteiger partial charge on any atom is 0.295 e. The van der Waals surface area contributed by atoms with E-state index in [4.69, 9.17) is 32.7 Å². The molecular weight excluding hydrogens is 479 g/mol. The molecule has 1 atom stereocenters. The van der Waals surface area contributed by atoms with Crippen LogP contribution in [0.2, 0.25) is 10.0 Å². The SMILES string of the molecule is COc1ccc(C2/C(=C(\O)c3cc(Cl)cc(Cl)c3OC)C(=O)C(=O)N2Cc2ccncc2)cc1. The summed E-state index contributed by atoms with van der Waals surface area (Å²) in [7, 11) is 2.93. The number of carbonyl (C=O) groups is 2. The molecule has 1 amide bonds. The monoisotopic (exact) mass is 498 g/mol. The summed E-state index contributed by atoms with van der Waals surface area (Å²) >= 11 is 12.4. The van der Waals surface area contributed by atoms with Gasteiger partial charge in [-0.15, -0.1) is 0 Å². The third-order valence-electron chi connectivity index (χ3n) is 5.54. The maximum absolute atomic E-state index is 13.2. The number of pyridine rings is 1. The van der Waals surface area contributed by atoms with Crippen LogP contribution in [0.1, 0.15) is 22.7 Å². The number of carbonyl (C=O) groups excluding carboxylic acids is 2. The minimum atomic E-state index is -0.874. The summed E-state index contributed by atoms with van der Waals surface area (Å²) in [5.41, 5.74) is 1.41. The third-order valence-corrected chi connectivity index (χ3v) is 6.04. The van der Waals surface area contributed by atoms with E-state index in [1.807, 2.05) is 0 Å². The molecule has 0 spiro atoms. The highest BCUT2D eigenvalue weighted by molar-refractivity contribution is 6.46. The van der Waals surface area contributed by atoms with Crippen LogP contribution in [0.25, 0.3) is 5.76 Å². The fraction of sp³-hybridized carbons (Fsp3) is 0.160. The highest BCUT2D eigenvalue weighted by Gasteiger charge is 2.46. The number of nitrogens with zero attached hydrogens (tertiary/aromatic N) is 2. The minimum Gasteiger partial charge on any atom is -0.507 e. The quantitative estimate of drug-likeness (QED) is 0.291. The molecule has 0 bridgehead atoms. The highest BCUT2D eigenvalue weighted by atomic mass is 35.5. The molecule has 1 unspecified atom stereocenters. The number of amides is 1. The molecule has 34 heavy (non-hydrogen) atoms. The van der Waals surface area contributed by atoms with Gasteiger partial charge in [-0.25, -0.2) is 0 Å². The summed E-state index contributed by atoms with van der Waals surface area (Å²) in [6.45, 7) is 0.133. The number of rotatable bonds is 6. The molecule has 1 saturated heterocycles. The number of aliphatic hydroxyl groups excluding tert-OH is 1. The fourth-order valence-corrected chi connectivity index (χ4v) is 4.52. The van der Waals surface area contributed by atoms with E-state index in [-0.39, 0.29) is 33.5 Å². The van der Waals surface area contributed by atoms with Crippen molar-refractivity contribution in [3.63, 3.8) is 0 Å². The van der Waals surface area contributed by atoms with Crippen LogP contribution in [0.4, 0.5) is 0 Å². The van der Waals surface area contributed by atoms with Gasteiger partial charge in [-0.2, -0.15) is 0 Å². The summed E-state index contributed by atoms with van der Waals surface area (Å²) in [6.07, 6.45) is 3.21. The van der Waals surface area contributed by atoms with E-state index >= 15 is 0 Å². The van der Waals surface area contributed by atoms with E-state index < -0.39 is 23.5 Å². The van der Waals surface area contributed by atoms with Crippen molar-refractivity contribution in [2.45, 2.75) is 12.6 Å². The van der Waals surface area contributed by atoms with Gasteiger partial charge in [-0.1, -0.05) is 35.3 Å². The molecular formula is C25H20Cl2N2O5. The zero-order chi connectivity index (χ0) is 24.4. The van der Waals surface area contributed by atoms with Gasteiger partial charge in [-0.3, -0.25) is 14.6 Å². The van der Waals surface area contributed by atoms with Crippen LogP contribution in [-0.2, 0) is 16.1 Å². The predicted octanol–water partition coefficient (Wildman–Crippen LogP) is 5.03. The number of aliphatic hydroxyl groups is 1. The Kier molecular flexibility index (Phi) is 6.77. The van der Waals surface area contributed by atoms with Crippen LogP contribution < -0.4 is 9.47 Å². The first-order valence-corrected chi connectivity index (χ1v) is 11.0. The van der Waals surface area contributed by atoms with Crippen molar-refractivity contribution in [2.75, 3.05) is 14.2 Å². The molecule has 3 aromatic rings. The Hall–Kier alpha value is -3.55. The zero-order valence-corrected chi connectivity index (χ0v) is 19.8. The second kappa shape index (κ2) is 9.75. The van der Waals surface area contributed by atoms with Crippen LogP contribution in [0.15, 0.2) is 66.5 Å². The van der Waals surface area contributed by atoms with Gasteiger partial charge in [-0.05, 0) is 47.5 Å². The molecule has 0 radical (unpaired) electrons. The third kappa shape index (κ3) is 4.32. The highest BCUT2D eigenvalue weighted by Crippen LogP contribution is 2.44. The summed E-state index contributed by atoms with van der Waals surface area (Å²) in [5, 5.41) is 11.7.